The Morgan fingerprint density at radius 3 is 2.74 bits per heavy atom. The maximum absolute atomic E-state index is 11.9. The molecule has 112 valence electrons. The average molecular weight is 269 g/mol. The van der Waals surface area contributed by atoms with Gasteiger partial charge in [0.15, 0.2) is 0 Å². The van der Waals surface area contributed by atoms with Crippen molar-refractivity contribution >= 4 is 5.91 Å². The summed E-state index contributed by atoms with van der Waals surface area (Å²) in [6, 6.07) is 0.485. The number of nitrogens with zero attached hydrogens (tertiary/aromatic N) is 1. The van der Waals surface area contributed by atoms with Crippen LogP contribution in [0.4, 0.5) is 0 Å². The summed E-state index contributed by atoms with van der Waals surface area (Å²) in [6.07, 6.45) is 3.77. The molecule has 0 aromatic carbocycles. The quantitative estimate of drug-likeness (QED) is 0.772. The van der Waals surface area contributed by atoms with Crippen LogP contribution in [0.1, 0.15) is 53.4 Å². The second-order valence-corrected chi connectivity index (χ2v) is 6.96. The molecule has 1 fully saturated rings. The monoisotopic (exact) mass is 269 g/mol. The normalized spacial score (nSPS) is 22.5. The van der Waals surface area contributed by atoms with Crippen LogP contribution in [0.5, 0.6) is 0 Å². The zero-order chi connectivity index (χ0) is 14.5. The summed E-state index contributed by atoms with van der Waals surface area (Å²) in [5, 5.41) is 3.04. The Kier molecular flexibility index (Phi) is 6.27. The highest BCUT2D eigenvalue weighted by Gasteiger charge is 2.24. The second-order valence-electron chi connectivity index (χ2n) is 6.96. The fourth-order valence-electron chi connectivity index (χ4n) is 2.94. The van der Waals surface area contributed by atoms with E-state index in [1.54, 1.807) is 0 Å². The number of nitrogens with one attached hydrogen (secondary N) is 1. The summed E-state index contributed by atoms with van der Waals surface area (Å²) in [6.45, 7) is 11.7. The van der Waals surface area contributed by atoms with Crippen molar-refractivity contribution in [2.75, 3.05) is 19.6 Å². The van der Waals surface area contributed by atoms with Crippen molar-refractivity contribution in [3.8, 4) is 0 Å². The van der Waals surface area contributed by atoms with E-state index in [0.717, 1.165) is 19.5 Å². The van der Waals surface area contributed by atoms with Gasteiger partial charge in [-0.25, -0.2) is 0 Å². The van der Waals surface area contributed by atoms with Crippen LogP contribution >= 0.6 is 0 Å². The number of amides is 1. The molecule has 2 atom stereocenters. The molecule has 0 bridgehead atoms. The zero-order valence-electron chi connectivity index (χ0n) is 13.0. The van der Waals surface area contributed by atoms with E-state index in [4.69, 9.17) is 5.73 Å². The molecular weight excluding hydrogens is 238 g/mol. The van der Waals surface area contributed by atoms with Crippen LogP contribution in [0.2, 0.25) is 0 Å². The van der Waals surface area contributed by atoms with Crippen molar-refractivity contribution in [2.45, 2.75) is 65.5 Å². The van der Waals surface area contributed by atoms with E-state index in [1.165, 1.54) is 19.4 Å². The number of likely N-dealkylation sites (tertiary alicyclic amines) is 1. The van der Waals surface area contributed by atoms with Gasteiger partial charge in [0, 0.05) is 25.0 Å². The third-order valence-corrected chi connectivity index (χ3v) is 3.76. The van der Waals surface area contributed by atoms with Crippen LogP contribution in [-0.4, -0.2) is 42.5 Å². The van der Waals surface area contributed by atoms with Crippen LogP contribution < -0.4 is 11.1 Å². The van der Waals surface area contributed by atoms with Crippen LogP contribution in [-0.2, 0) is 4.79 Å². The Bertz CT molecular complexity index is 286. The van der Waals surface area contributed by atoms with Crippen LogP contribution in [0.15, 0.2) is 0 Å². The van der Waals surface area contributed by atoms with E-state index >= 15 is 0 Å². The lowest BCUT2D eigenvalue weighted by Gasteiger charge is -2.24. The first kappa shape index (κ1) is 16.4. The van der Waals surface area contributed by atoms with E-state index in [-0.39, 0.29) is 17.4 Å². The fraction of sp³-hybridized carbons (Fsp3) is 0.933. The Hall–Kier alpha value is -0.610. The lowest BCUT2D eigenvalue weighted by atomic mass is 9.87. The van der Waals surface area contributed by atoms with Gasteiger partial charge in [-0.05, 0) is 37.8 Å². The number of hydrogen-bond donors (Lipinski definition) is 2. The minimum Gasteiger partial charge on any atom is -0.354 e. The van der Waals surface area contributed by atoms with E-state index in [2.05, 4.69) is 37.9 Å². The van der Waals surface area contributed by atoms with Crippen LogP contribution in [0.3, 0.4) is 0 Å². The summed E-state index contributed by atoms with van der Waals surface area (Å²) in [4.78, 5) is 14.3. The summed E-state index contributed by atoms with van der Waals surface area (Å²) in [5.41, 5.74) is 6.21. The summed E-state index contributed by atoms with van der Waals surface area (Å²) < 4.78 is 0. The number of carbonyl (C=O) groups excluding carboxylic acids is 1. The van der Waals surface area contributed by atoms with Gasteiger partial charge in [-0.2, -0.15) is 0 Å². The van der Waals surface area contributed by atoms with Gasteiger partial charge in [-0.3, -0.25) is 9.69 Å². The van der Waals surface area contributed by atoms with Crippen molar-refractivity contribution in [2.24, 2.45) is 11.1 Å². The zero-order valence-corrected chi connectivity index (χ0v) is 13.0. The summed E-state index contributed by atoms with van der Waals surface area (Å²) in [7, 11) is 0. The van der Waals surface area contributed by atoms with Crippen LogP contribution in [0, 0.1) is 5.41 Å². The summed E-state index contributed by atoms with van der Waals surface area (Å²) >= 11 is 0. The molecule has 19 heavy (non-hydrogen) atoms. The fourth-order valence-corrected chi connectivity index (χ4v) is 2.94. The minimum absolute atomic E-state index is 0.0362. The van der Waals surface area contributed by atoms with Crippen molar-refractivity contribution in [3.63, 3.8) is 0 Å². The number of rotatable bonds is 6. The van der Waals surface area contributed by atoms with Crippen molar-refractivity contribution in [3.05, 3.63) is 0 Å². The lowest BCUT2D eigenvalue weighted by Crippen LogP contribution is -2.41. The number of likely N-dealkylation sites (N-methyl/N-ethyl adjacent to an activating group) is 1. The maximum Gasteiger partial charge on any atom is 0.221 e. The van der Waals surface area contributed by atoms with Gasteiger partial charge < -0.3 is 11.1 Å². The highest BCUT2D eigenvalue weighted by Crippen LogP contribution is 2.21. The number of carbonyl (C=O) groups is 1. The lowest BCUT2D eigenvalue weighted by molar-refractivity contribution is -0.121. The smallest absolute Gasteiger partial charge is 0.221 e. The third-order valence-electron chi connectivity index (χ3n) is 3.76. The largest absolute Gasteiger partial charge is 0.354 e. The molecule has 0 radical (unpaired) electrons. The molecule has 1 aliphatic rings. The number of nitrogens with two attached hydrogens (primary N) is 1. The predicted molar refractivity (Wildman–Crippen MR) is 79.9 cm³/mol. The molecule has 1 rings (SSSR count). The van der Waals surface area contributed by atoms with Crippen molar-refractivity contribution in [1.82, 2.24) is 10.2 Å². The minimum atomic E-state index is -0.0362. The van der Waals surface area contributed by atoms with E-state index < -0.39 is 0 Å². The molecule has 0 aromatic rings. The first-order valence-corrected chi connectivity index (χ1v) is 7.58. The highest BCUT2D eigenvalue weighted by molar-refractivity contribution is 5.76. The maximum atomic E-state index is 11.9. The van der Waals surface area contributed by atoms with Gasteiger partial charge in [0.05, 0.1) is 0 Å². The Morgan fingerprint density at radius 2 is 2.16 bits per heavy atom. The average Bonchev–Trinajstić information content (AvgIpc) is 2.70. The molecule has 0 spiro atoms. The molecule has 1 heterocycles. The van der Waals surface area contributed by atoms with Gasteiger partial charge >= 0.3 is 0 Å². The molecule has 0 saturated carbocycles. The van der Waals surface area contributed by atoms with Gasteiger partial charge in [0.2, 0.25) is 5.91 Å². The Balaban J connectivity index is 2.24. The standard InChI is InChI=1S/C15H31N3O/c1-5-18-8-6-7-13(18)11-17-14(19)9-12(16)10-15(2,3)4/h12-13H,5-11,16H2,1-4H3,(H,17,19). The first-order valence-electron chi connectivity index (χ1n) is 7.58. The molecule has 1 amide bonds. The first-order chi connectivity index (χ1) is 8.81. The molecule has 1 saturated heterocycles. The molecule has 2 unspecified atom stereocenters. The number of hydrogen-bond acceptors (Lipinski definition) is 3. The van der Waals surface area contributed by atoms with E-state index in [1.807, 2.05) is 0 Å². The van der Waals surface area contributed by atoms with Gasteiger partial charge in [0.25, 0.3) is 0 Å². The third kappa shape index (κ3) is 6.39. The molecule has 0 aromatic heterocycles. The Labute approximate surface area is 118 Å². The predicted octanol–water partition coefficient (Wildman–Crippen LogP) is 1.74. The van der Waals surface area contributed by atoms with Crippen molar-refractivity contribution < 1.29 is 4.79 Å². The highest BCUT2D eigenvalue weighted by atomic mass is 16.1. The molecular formula is C15H31N3O. The SMILES string of the molecule is CCN1CCCC1CNC(=O)CC(N)CC(C)(C)C. The second kappa shape index (κ2) is 7.25. The topological polar surface area (TPSA) is 58.4 Å². The molecule has 4 heteroatoms. The van der Waals surface area contributed by atoms with E-state index in [9.17, 15) is 4.79 Å². The van der Waals surface area contributed by atoms with Gasteiger partial charge in [-0.15, -0.1) is 0 Å². The molecule has 3 N–H and O–H groups in total. The van der Waals surface area contributed by atoms with Gasteiger partial charge in [0.1, 0.15) is 0 Å². The molecule has 0 aliphatic carbocycles. The van der Waals surface area contributed by atoms with Gasteiger partial charge in [-0.1, -0.05) is 27.7 Å². The molecule has 4 nitrogen and oxygen atoms in total. The Morgan fingerprint density at radius 1 is 1.47 bits per heavy atom. The van der Waals surface area contributed by atoms with Crippen molar-refractivity contribution in [1.29, 1.82) is 0 Å². The molecule has 1 aliphatic heterocycles. The van der Waals surface area contributed by atoms with Crippen LogP contribution in [0.25, 0.3) is 0 Å². The summed E-state index contributed by atoms with van der Waals surface area (Å²) in [5.74, 6) is 0.0969. The van der Waals surface area contributed by atoms with E-state index in [0.29, 0.717) is 12.5 Å².